The van der Waals surface area contributed by atoms with Gasteiger partial charge in [-0.2, -0.15) is 0 Å². The number of hydrogen-bond donors (Lipinski definition) is 3. The summed E-state index contributed by atoms with van der Waals surface area (Å²) in [7, 11) is 1.71. The van der Waals surface area contributed by atoms with Crippen LogP contribution in [-0.2, 0) is 16.6 Å². The highest BCUT2D eigenvalue weighted by Crippen LogP contribution is 2.14. The minimum absolute atomic E-state index is 0.319. The molecule has 2 aromatic heterocycles. The van der Waals surface area contributed by atoms with Crippen molar-refractivity contribution in [2.24, 2.45) is 7.05 Å². The molecule has 0 aliphatic carbocycles. The van der Waals surface area contributed by atoms with Gasteiger partial charge in [0.2, 0.25) is 0 Å². The molecule has 0 atom stereocenters. The van der Waals surface area contributed by atoms with Crippen LogP contribution >= 0.6 is 0 Å². The molecular weight excluding hydrogens is 300 g/mol. The molecule has 8 heteroatoms. The molecule has 23 heavy (non-hydrogen) atoms. The van der Waals surface area contributed by atoms with E-state index in [1.165, 1.54) is 0 Å². The van der Waals surface area contributed by atoms with Gasteiger partial charge in [0.25, 0.3) is 5.91 Å². The number of hydrogen-bond acceptors (Lipinski definition) is 4. The fourth-order valence-corrected chi connectivity index (χ4v) is 2.19. The SMILES string of the molecule is Cn1cccc1C(=O)OCC(=O)Nc1ccc2[nH]c(=O)[nH]c2c1. The quantitative estimate of drug-likeness (QED) is 0.624. The summed E-state index contributed by atoms with van der Waals surface area (Å²) in [4.78, 5) is 40.0. The standard InChI is InChI=1S/C15H14N4O4/c1-19-6-2-3-12(19)14(21)23-8-13(20)16-9-4-5-10-11(7-9)18-15(22)17-10/h2-7H,8H2,1H3,(H,16,20)(H2,17,18,22). The maximum absolute atomic E-state index is 11.8. The van der Waals surface area contributed by atoms with E-state index in [0.29, 0.717) is 22.4 Å². The molecule has 0 fully saturated rings. The lowest BCUT2D eigenvalue weighted by Gasteiger charge is -2.07. The molecule has 2 heterocycles. The molecule has 0 aliphatic rings. The molecule has 0 unspecified atom stereocenters. The van der Waals surface area contributed by atoms with Crippen LogP contribution in [0.15, 0.2) is 41.3 Å². The number of imidazole rings is 1. The Morgan fingerprint density at radius 3 is 2.74 bits per heavy atom. The number of aromatic amines is 2. The largest absolute Gasteiger partial charge is 0.451 e. The van der Waals surface area contributed by atoms with Crippen molar-refractivity contribution in [2.75, 3.05) is 11.9 Å². The second-order valence-electron chi connectivity index (χ2n) is 4.97. The Morgan fingerprint density at radius 2 is 2.00 bits per heavy atom. The number of carbonyl (C=O) groups is 2. The lowest BCUT2D eigenvalue weighted by molar-refractivity contribution is -0.119. The van der Waals surface area contributed by atoms with E-state index in [1.807, 2.05) is 0 Å². The summed E-state index contributed by atoms with van der Waals surface area (Å²) in [6.45, 7) is -0.397. The highest BCUT2D eigenvalue weighted by molar-refractivity contribution is 5.96. The van der Waals surface area contributed by atoms with E-state index in [2.05, 4.69) is 15.3 Å². The molecular formula is C15H14N4O4. The molecule has 0 radical (unpaired) electrons. The van der Waals surface area contributed by atoms with Crippen LogP contribution in [-0.4, -0.2) is 33.0 Å². The number of anilines is 1. The van der Waals surface area contributed by atoms with E-state index in [9.17, 15) is 14.4 Å². The van der Waals surface area contributed by atoms with Crippen molar-refractivity contribution >= 4 is 28.6 Å². The van der Waals surface area contributed by atoms with Gasteiger partial charge in [-0.1, -0.05) is 0 Å². The van der Waals surface area contributed by atoms with Gasteiger partial charge in [0.1, 0.15) is 5.69 Å². The third-order valence-electron chi connectivity index (χ3n) is 3.29. The second-order valence-corrected chi connectivity index (χ2v) is 4.97. The van der Waals surface area contributed by atoms with E-state index in [0.717, 1.165) is 0 Å². The van der Waals surface area contributed by atoms with Gasteiger partial charge >= 0.3 is 11.7 Å². The first-order chi connectivity index (χ1) is 11.0. The fourth-order valence-electron chi connectivity index (χ4n) is 2.19. The van der Waals surface area contributed by atoms with E-state index >= 15 is 0 Å². The highest BCUT2D eigenvalue weighted by atomic mass is 16.5. The number of rotatable bonds is 4. The molecule has 3 N–H and O–H groups in total. The summed E-state index contributed by atoms with van der Waals surface area (Å²) in [6.07, 6.45) is 1.71. The van der Waals surface area contributed by atoms with Crippen LogP contribution in [0, 0.1) is 0 Å². The summed E-state index contributed by atoms with van der Waals surface area (Å²) in [5, 5.41) is 2.60. The molecule has 118 valence electrons. The van der Waals surface area contributed by atoms with Crippen molar-refractivity contribution in [3.63, 3.8) is 0 Å². The van der Waals surface area contributed by atoms with Crippen molar-refractivity contribution in [3.05, 3.63) is 52.7 Å². The number of H-pyrrole nitrogens is 2. The minimum atomic E-state index is -0.571. The molecule has 3 aromatic rings. The molecule has 3 rings (SSSR count). The van der Waals surface area contributed by atoms with Gasteiger partial charge in [-0.25, -0.2) is 9.59 Å². The molecule has 1 aromatic carbocycles. The molecule has 0 aliphatic heterocycles. The van der Waals surface area contributed by atoms with Crippen LogP contribution in [0.3, 0.4) is 0 Å². The molecule has 0 saturated carbocycles. The monoisotopic (exact) mass is 314 g/mol. The first kappa shape index (κ1) is 14.6. The zero-order valence-corrected chi connectivity index (χ0v) is 12.3. The maximum atomic E-state index is 11.8. The number of amides is 1. The van der Waals surface area contributed by atoms with Gasteiger partial charge in [-0.05, 0) is 30.3 Å². The Bertz CT molecular complexity index is 934. The van der Waals surface area contributed by atoms with Crippen LogP contribution in [0.2, 0.25) is 0 Å². The lowest BCUT2D eigenvalue weighted by atomic mass is 10.3. The Morgan fingerprint density at radius 1 is 1.22 bits per heavy atom. The third kappa shape index (κ3) is 3.15. The average Bonchev–Trinajstić information content (AvgIpc) is 3.09. The number of ether oxygens (including phenoxy) is 1. The maximum Gasteiger partial charge on any atom is 0.355 e. The van der Waals surface area contributed by atoms with Gasteiger partial charge in [-0.3, -0.25) is 4.79 Å². The van der Waals surface area contributed by atoms with Crippen molar-refractivity contribution < 1.29 is 14.3 Å². The number of benzene rings is 1. The topological polar surface area (TPSA) is 109 Å². The summed E-state index contributed by atoms with van der Waals surface area (Å²) in [6, 6.07) is 8.24. The first-order valence-corrected chi connectivity index (χ1v) is 6.83. The van der Waals surface area contributed by atoms with Gasteiger partial charge in [0.05, 0.1) is 11.0 Å². The Labute approximate surface area is 130 Å². The number of esters is 1. The summed E-state index contributed by atoms with van der Waals surface area (Å²) >= 11 is 0. The number of aryl methyl sites for hydroxylation is 1. The number of fused-ring (bicyclic) bond motifs is 1. The van der Waals surface area contributed by atoms with Gasteiger partial charge in [0.15, 0.2) is 6.61 Å². The summed E-state index contributed by atoms with van der Waals surface area (Å²) < 4.78 is 6.56. The molecule has 0 spiro atoms. The van der Waals surface area contributed by atoms with Crippen molar-refractivity contribution in [3.8, 4) is 0 Å². The number of aromatic nitrogens is 3. The Hall–Kier alpha value is -3.29. The van der Waals surface area contributed by atoms with Crippen LogP contribution < -0.4 is 11.0 Å². The van der Waals surface area contributed by atoms with Gasteiger partial charge < -0.3 is 24.6 Å². The third-order valence-corrected chi connectivity index (χ3v) is 3.29. The van der Waals surface area contributed by atoms with Gasteiger partial charge in [0, 0.05) is 18.9 Å². The van der Waals surface area contributed by atoms with Crippen LogP contribution in [0.1, 0.15) is 10.5 Å². The van der Waals surface area contributed by atoms with E-state index in [1.54, 1.807) is 48.1 Å². The van der Waals surface area contributed by atoms with Crippen molar-refractivity contribution in [1.82, 2.24) is 14.5 Å². The number of carbonyl (C=O) groups excluding carboxylic acids is 2. The highest BCUT2D eigenvalue weighted by Gasteiger charge is 2.13. The predicted molar refractivity (Wildman–Crippen MR) is 83.2 cm³/mol. The van der Waals surface area contributed by atoms with Crippen molar-refractivity contribution in [2.45, 2.75) is 0 Å². The number of nitrogens with zero attached hydrogens (tertiary/aromatic N) is 1. The molecule has 0 saturated heterocycles. The minimum Gasteiger partial charge on any atom is -0.451 e. The smallest absolute Gasteiger partial charge is 0.355 e. The van der Waals surface area contributed by atoms with E-state index < -0.39 is 18.5 Å². The van der Waals surface area contributed by atoms with Gasteiger partial charge in [-0.15, -0.1) is 0 Å². The predicted octanol–water partition coefficient (Wildman–Crippen LogP) is 0.990. The normalized spacial score (nSPS) is 10.7. The van der Waals surface area contributed by atoms with Crippen LogP contribution in [0.5, 0.6) is 0 Å². The Balaban J connectivity index is 1.61. The first-order valence-electron chi connectivity index (χ1n) is 6.83. The second kappa shape index (κ2) is 5.84. The molecule has 0 bridgehead atoms. The Kier molecular flexibility index (Phi) is 3.71. The van der Waals surface area contributed by atoms with Crippen LogP contribution in [0.4, 0.5) is 5.69 Å². The lowest BCUT2D eigenvalue weighted by Crippen LogP contribution is -2.21. The van der Waals surface area contributed by atoms with Crippen LogP contribution in [0.25, 0.3) is 11.0 Å². The fraction of sp³-hybridized carbons (Fsp3) is 0.133. The van der Waals surface area contributed by atoms with E-state index in [-0.39, 0.29) is 5.69 Å². The summed E-state index contributed by atoms with van der Waals surface area (Å²) in [5.74, 6) is -1.04. The zero-order valence-electron chi connectivity index (χ0n) is 12.3. The zero-order chi connectivity index (χ0) is 16.4. The van der Waals surface area contributed by atoms with Crippen molar-refractivity contribution in [1.29, 1.82) is 0 Å². The number of nitrogens with one attached hydrogen (secondary N) is 3. The molecule has 1 amide bonds. The van der Waals surface area contributed by atoms with E-state index in [4.69, 9.17) is 4.74 Å². The average molecular weight is 314 g/mol. The summed E-state index contributed by atoms with van der Waals surface area (Å²) in [5.41, 5.74) is 1.76. The molecule has 8 nitrogen and oxygen atoms in total.